The number of hydrogen-bond acceptors (Lipinski definition) is 2. The van der Waals surface area contributed by atoms with Gasteiger partial charge in [0.25, 0.3) is 0 Å². The average molecular weight is 1280 g/mol. The molecule has 396 valence electrons. The Balaban J connectivity index is 0.000000322. The molecule has 0 heterocycles. The van der Waals surface area contributed by atoms with Crippen LogP contribution in [0.3, 0.4) is 0 Å². The maximum atomic E-state index is 9.75. The minimum Gasteiger partial charge on any atom is -0.418 e. The second-order valence-electron chi connectivity index (χ2n) is 16.3. The summed E-state index contributed by atoms with van der Waals surface area (Å²) in [6, 6.07) is 89.4. The van der Waals surface area contributed by atoms with Crippen molar-refractivity contribution in [3.8, 4) is 0 Å². The van der Waals surface area contributed by atoms with Crippen molar-refractivity contribution < 1.29 is 79.3 Å². The monoisotopic (exact) mass is 1270 g/mol. The number of unbranched alkanes of at least 4 members (excludes halogenated alkanes) is 2. The summed E-state index contributed by atoms with van der Waals surface area (Å²) >= 11 is 0. The van der Waals surface area contributed by atoms with Gasteiger partial charge in [0.15, 0.2) is 32.3 Å². The maximum absolute atomic E-state index is 9.75. The molecular formula is C56H62Ag2B2F8N2P4+4. The standard InChI is InChI=1S/2C28H29NP2.2Ag.2BF4/c2*1-2-3-24-29(30(25-16-8-4-9-17-25)26-18-10-5-11-19-26)31(27-20-12-6-13-21-27)28-22-14-7-15-23-28;;;2*2-1(3,4)5/h2*4-23H,2-3,24H2,1H3;;;;/q;;2*+1;2*-1/p+4. The first-order valence-corrected chi connectivity index (χ1v) is 29.8. The molecule has 74 heavy (non-hydrogen) atoms. The first-order valence-electron chi connectivity index (χ1n) is 24.0. The molecule has 8 rings (SSSR count). The van der Waals surface area contributed by atoms with Crippen molar-refractivity contribution in [1.29, 1.82) is 0 Å². The fourth-order valence-corrected chi connectivity index (χ4v) is 22.3. The minimum absolute atomic E-state index is 0. The Morgan fingerprint density at radius 2 is 0.392 bits per heavy atom. The molecule has 0 fully saturated rings. The van der Waals surface area contributed by atoms with E-state index >= 15 is 0 Å². The van der Waals surface area contributed by atoms with Gasteiger partial charge in [-0.25, -0.2) is 0 Å². The first kappa shape index (κ1) is 64.7. The molecule has 18 heteroatoms. The molecule has 0 saturated carbocycles. The van der Waals surface area contributed by atoms with Crippen LogP contribution in [0.4, 0.5) is 34.5 Å². The molecule has 0 saturated heterocycles. The predicted molar refractivity (Wildman–Crippen MR) is 305 cm³/mol. The van der Waals surface area contributed by atoms with Crippen LogP contribution in [0, 0.1) is 0 Å². The summed E-state index contributed by atoms with van der Waals surface area (Å²) in [5.41, 5.74) is 0. The zero-order chi connectivity index (χ0) is 51.6. The van der Waals surface area contributed by atoms with Gasteiger partial charge in [-0.1, -0.05) is 181 Å². The Morgan fingerprint density at radius 3 is 0.500 bits per heavy atom. The van der Waals surface area contributed by atoms with E-state index in [1.807, 2.05) is 0 Å². The fraction of sp³-hybridized carbons (Fsp3) is 0.143. The smallest absolute Gasteiger partial charge is 0.418 e. The van der Waals surface area contributed by atoms with Gasteiger partial charge >= 0.3 is 59.3 Å². The molecule has 0 aliphatic carbocycles. The van der Waals surface area contributed by atoms with E-state index in [0.29, 0.717) is 0 Å². The zero-order valence-corrected chi connectivity index (χ0v) is 48.0. The van der Waals surface area contributed by atoms with E-state index in [0.717, 1.165) is 13.1 Å². The van der Waals surface area contributed by atoms with Crippen LogP contribution in [0.2, 0.25) is 0 Å². The van der Waals surface area contributed by atoms with Gasteiger partial charge < -0.3 is 34.5 Å². The van der Waals surface area contributed by atoms with E-state index in [1.165, 1.54) is 68.1 Å². The SMILES string of the molecule is CCCCN([PH+](c1ccccc1)c1ccccc1)[PH+](c1ccccc1)c1ccccc1.CCCCN([PH+](c1ccccc1)c1ccccc1)[PH+](c1ccccc1)c1ccccc1.F[B-](F)(F)F.F[B-](F)(F)F.[Ag+].[Ag+]. The largest absolute Gasteiger partial charge is 1.00 e. The van der Waals surface area contributed by atoms with Gasteiger partial charge in [0.2, 0.25) is 0 Å². The summed E-state index contributed by atoms with van der Waals surface area (Å²) in [5, 5.41) is 11.7. The molecule has 0 radical (unpaired) electrons. The van der Waals surface area contributed by atoms with Gasteiger partial charge in [-0.05, 0) is 110 Å². The number of benzene rings is 8. The Kier molecular flexibility index (Phi) is 30.6. The van der Waals surface area contributed by atoms with Crippen LogP contribution in [0.1, 0.15) is 39.5 Å². The molecule has 0 aromatic heterocycles. The number of rotatable bonds is 18. The topological polar surface area (TPSA) is 6.48 Å². The fourth-order valence-electron chi connectivity index (χ4n) is 7.98. The molecule has 8 aromatic carbocycles. The van der Waals surface area contributed by atoms with Gasteiger partial charge in [0, 0.05) is 0 Å². The van der Waals surface area contributed by atoms with Crippen molar-refractivity contribution in [2.75, 3.05) is 13.1 Å². The average Bonchev–Trinajstić information content (AvgIpc) is 3.39. The Hall–Kier alpha value is -3.55. The quantitative estimate of drug-likeness (QED) is 0.0480. The Morgan fingerprint density at radius 1 is 0.270 bits per heavy atom. The van der Waals surface area contributed by atoms with Crippen LogP contribution in [0.25, 0.3) is 0 Å². The zero-order valence-electron chi connectivity index (χ0n) is 41.0. The second kappa shape index (κ2) is 35.0. The van der Waals surface area contributed by atoms with Crippen LogP contribution in [0.5, 0.6) is 0 Å². The van der Waals surface area contributed by atoms with Crippen molar-refractivity contribution in [2.45, 2.75) is 39.5 Å². The van der Waals surface area contributed by atoms with E-state index in [-0.39, 0.29) is 44.8 Å². The third-order valence-electron chi connectivity index (χ3n) is 10.9. The summed E-state index contributed by atoms with van der Waals surface area (Å²) in [6.45, 7) is 6.83. The van der Waals surface area contributed by atoms with Crippen LogP contribution in [-0.2, 0) is 44.8 Å². The van der Waals surface area contributed by atoms with E-state index in [4.69, 9.17) is 0 Å². The summed E-state index contributed by atoms with van der Waals surface area (Å²) in [7, 11) is -16.5. The second-order valence-corrected chi connectivity index (χ2v) is 26.8. The third kappa shape index (κ3) is 23.0. The molecule has 2 nitrogen and oxygen atoms in total. The van der Waals surface area contributed by atoms with Crippen molar-refractivity contribution in [3.05, 3.63) is 243 Å². The summed E-state index contributed by atoms with van der Waals surface area (Å²) in [5.74, 6) is 0. The summed E-state index contributed by atoms with van der Waals surface area (Å²) in [6.07, 6.45) is 4.82. The molecule has 0 N–H and O–H groups in total. The van der Waals surface area contributed by atoms with Crippen LogP contribution in [-0.4, -0.2) is 36.5 Å². The van der Waals surface area contributed by atoms with E-state index in [1.54, 1.807) is 0 Å². The summed E-state index contributed by atoms with van der Waals surface area (Å²) in [4.78, 5) is 0. The van der Waals surface area contributed by atoms with Crippen LogP contribution < -0.4 is 42.4 Å². The molecule has 0 unspecified atom stereocenters. The number of halogens is 8. The van der Waals surface area contributed by atoms with Crippen molar-refractivity contribution in [2.24, 2.45) is 0 Å². The normalized spacial score (nSPS) is 11.1. The summed E-state index contributed by atoms with van der Waals surface area (Å²) < 4.78 is 83.8. The van der Waals surface area contributed by atoms with Crippen LogP contribution >= 0.6 is 32.3 Å². The first-order chi connectivity index (χ1) is 34.8. The van der Waals surface area contributed by atoms with Crippen molar-refractivity contribution in [3.63, 3.8) is 0 Å². The molecule has 0 amide bonds. The van der Waals surface area contributed by atoms with Gasteiger partial charge in [-0.3, -0.25) is 0 Å². The number of hydrogen-bond donors (Lipinski definition) is 0. The molecule has 8 aromatic rings. The van der Waals surface area contributed by atoms with Gasteiger partial charge in [-0.2, -0.15) is 0 Å². The van der Waals surface area contributed by atoms with Gasteiger partial charge in [0.05, 0.1) is 13.1 Å². The van der Waals surface area contributed by atoms with E-state index in [2.05, 4.69) is 265 Å². The molecule has 0 aliphatic heterocycles. The molecule has 0 aliphatic rings. The Bertz CT molecular complexity index is 2130. The maximum Gasteiger partial charge on any atom is 1.00 e. The van der Waals surface area contributed by atoms with Crippen LogP contribution in [0.15, 0.2) is 243 Å². The molecule has 0 spiro atoms. The predicted octanol–water partition coefficient (Wildman–Crippen LogP) is 13.9. The van der Waals surface area contributed by atoms with Gasteiger partial charge in [0.1, 0.15) is 42.4 Å². The third-order valence-corrected chi connectivity index (χ3v) is 23.7. The van der Waals surface area contributed by atoms with Crippen molar-refractivity contribution in [1.82, 2.24) is 8.88 Å². The molecule has 0 bridgehead atoms. The Labute approximate surface area is 469 Å². The number of nitrogens with zero attached hydrogens (tertiary/aromatic N) is 2. The molecule has 0 atom stereocenters. The van der Waals surface area contributed by atoms with Crippen molar-refractivity contribution >= 4 is 89.2 Å². The van der Waals surface area contributed by atoms with E-state index < -0.39 is 46.8 Å². The van der Waals surface area contributed by atoms with E-state index in [9.17, 15) is 34.5 Å². The minimum atomic E-state index is -6.00. The molecular weight excluding hydrogens is 1210 g/mol. The van der Waals surface area contributed by atoms with Gasteiger partial charge in [-0.15, -0.1) is 0 Å².